The third-order valence-corrected chi connectivity index (χ3v) is 3.58. The van der Waals surface area contributed by atoms with Crippen LogP contribution in [0.5, 0.6) is 0 Å². The lowest BCUT2D eigenvalue weighted by molar-refractivity contribution is 0.0406. The summed E-state index contributed by atoms with van der Waals surface area (Å²) in [6.45, 7) is 1.56. The van der Waals surface area contributed by atoms with Crippen LogP contribution in [0.3, 0.4) is 0 Å². The van der Waals surface area contributed by atoms with Crippen LogP contribution in [0.4, 0.5) is 4.79 Å². The molecule has 1 saturated heterocycles. The third-order valence-electron chi connectivity index (χ3n) is 3.58. The lowest BCUT2D eigenvalue weighted by atomic mass is 9.73. The van der Waals surface area contributed by atoms with Crippen LogP contribution in [-0.2, 0) is 4.74 Å². The van der Waals surface area contributed by atoms with E-state index in [2.05, 4.69) is 4.74 Å². The fraction of sp³-hybridized carbons (Fsp3) is 0.900. The number of methoxy groups -OCH3 is 1. The molecule has 4 nitrogen and oxygen atoms in total. The van der Waals surface area contributed by atoms with Gasteiger partial charge in [-0.3, -0.25) is 0 Å². The Balaban J connectivity index is 1.73. The van der Waals surface area contributed by atoms with Gasteiger partial charge in [0, 0.05) is 25.0 Å². The van der Waals surface area contributed by atoms with Gasteiger partial charge in [-0.25, -0.2) is 4.79 Å². The van der Waals surface area contributed by atoms with Gasteiger partial charge in [-0.1, -0.05) is 6.42 Å². The van der Waals surface area contributed by atoms with E-state index in [1.807, 2.05) is 0 Å². The maximum Gasteiger partial charge on any atom is 0.409 e. The first-order chi connectivity index (χ1) is 6.72. The fourth-order valence-electron chi connectivity index (χ4n) is 2.24. The van der Waals surface area contributed by atoms with Crippen molar-refractivity contribution in [2.75, 3.05) is 20.2 Å². The molecule has 1 aliphatic carbocycles. The average molecular weight is 198 g/mol. The molecule has 0 aromatic carbocycles. The van der Waals surface area contributed by atoms with Crippen molar-refractivity contribution in [3.63, 3.8) is 0 Å². The summed E-state index contributed by atoms with van der Waals surface area (Å²) in [6, 6.07) is 0.296. The summed E-state index contributed by atoms with van der Waals surface area (Å²) in [5.41, 5.74) is 6.11. The van der Waals surface area contributed by atoms with Gasteiger partial charge in [-0.05, 0) is 18.8 Å². The quantitative estimate of drug-likeness (QED) is 0.714. The van der Waals surface area contributed by atoms with Crippen LogP contribution >= 0.6 is 0 Å². The number of ether oxygens (including phenoxy) is 1. The number of amides is 1. The Morgan fingerprint density at radius 1 is 1.43 bits per heavy atom. The van der Waals surface area contributed by atoms with Crippen LogP contribution in [0, 0.1) is 11.8 Å². The number of likely N-dealkylation sites (tertiary alicyclic amines) is 1. The summed E-state index contributed by atoms with van der Waals surface area (Å²) in [4.78, 5) is 12.8. The van der Waals surface area contributed by atoms with Crippen LogP contribution in [0.2, 0.25) is 0 Å². The van der Waals surface area contributed by atoms with Crippen LogP contribution in [0.1, 0.15) is 19.3 Å². The molecule has 2 N–H and O–H groups in total. The standard InChI is InChI=1S/C10H18N2O2/c1-14-10(13)12-5-8(6-12)9(11)7-3-2-4-7/h7-9H,2-6,11H2,1H3. The highest BCUT2D eigenvalue weighted by molar-refractivity contribution is 5.68. The van der Waals surface area contributed by atoms with Crippen LogP contribution in [-0.4, -0.2) is 37.2 Å². The van der Waals surface area contributed by atoms with Gasteiger partial charge in [0.25, 0.3) is 0 Å². The van der Waals surface area contributed by atoms with Gasteiger partial charge in [0.1, 0.15) is 0 Å². The highest BCUT2D eigenvalue weighted by Gasteiger charge is 2.39. The maximum atomic E-state index is 11.1. The summed E-state index contributed by atoms with van der Waals surface area (Å²) >= 11 is 0. The highest BCUT2D eigenvalue weighted by Crippen LogP contribution is 2.34. The van der Waals surface area contributed by atoms with Gasteiger partial charge in [-0.15, -0.1) is 0 Å². The minimum absolute atomic E-state index is 0.220. The molecule has 0 radical (unpaired) electrons. The first-order valence-electron chi connectivity index (χ1n) is 5.31. The van der Waals surface area contributed by atoms with E-state index < -0.39 is 0 Å². The van der Waals surface area contributed by atoms with E-state index in [-0.39, 0.29) is 6.09 Å². The smallest absolute Gasteiger partial charge is 0.409 e. The maximum absolute atomic E-state index is 11.1. The van der Waals surface area contributed by atoms with Crippen molar-refractivity contribution in [1.29, 1.82) is 0 Å². The molecule has 1 saturated carbocycles. The highest BCUT2D eigenvalue weighted by atomic mass is 16.5. The van der Waals surface area contributed by atoms with E-state index >= 15 is 0 Å². The van der Waals surface area contributed by atoms with Gasteiger partial charge < -0.3 is 15.4 Å². The molecule has 1 aliphatic heterocycles. The minimum Gasteiger partial charge on any atom is -0.453 e. The molecule has 1 heterocycles. The van der Waals surface area contributed by atoms with Crippen molar-refractivity contribution >= 4 is 6.09 Å². The molecule has 2 fully saturated rings. The summed E-state index contributed by atoms with van der Waals surface area (Å²) in [5, 5.41) is 0. The second-order valence-electron chi connectivity index (χ2n) is 4.40. The molecule has 0 aromatic heterocycles. The molecule has 2 aliphatic rings. The van der Waals surface area contributed by atoms with Gasteiger partial charge in [0.15, 0.2) is 0 Å². The molecule has 14 heavy (non-hydrogen) atoms. The van der Waals surface area contributed by atoms with E-state index in [0.29, 0.717) is 17.9 Å². The minimum atomic E-state index is -0.220. The summed E-state index contributed by atoms with van der Waals surface area (Å²) < 4.78 is 4.63. The zero-order chi connectivity index (χ0) is 10.1. The zero-order valence-electron chi connectivity index (χ0n) is 8.61. The zero-order valence-corrected chi connectivity index (χ0v) is 8.61. The molecule has 1 atom stereocenters. The molecule has 0 aromatic rings. The van der Waals surface area contributed by atoms with Gasteiger partial charge in [0.05, 0.1) is 7.11 Å². The average Bonchev–Trinajstić information content (AvgIpc) is 1.97. The van der Waals surface area contributed by atoms with Crippen molar-refractivity contribution in [3.8, 4) is 0 Å². The van der Waals surface area contributed by atoms with E-state index in [1.54, 1.807) is 4.90 Å². The van der Waals surface area contributed by atoms with Gasteiger partial charge >= 0.3 is 6.09 Å². The SMILES string of the molecule is COC(=O)N1CC(C(N)C2CCC2)C1. The first kappa shape index (κ1) is 9.77. The van der Waals surface area contributed by atoms with Crippen molar-refractivity contribution in [1.82, 2.24) is 4.90 Å². The molecule has 0 bridgehead atoms. The van der Waals surface area contributed by atoms with Crippen molar-refractivity contribution in [2.45, 2.75) is 25.3 Å². The van der Waals surface area contributed by atoms with Crippen molar-refractivity contribution < 1.29 is 9.53 Å². The number of carbonyl (C=O) groups excluding carboxylic acids is 1. The Kier molecular flexibility index (Phi) is 2.63. The first-order valence-corrected chi connectivity index (χ1v) is 5.31. The predicted molar refractivity (Wildman–Crippen MR) is 52.8 cm³/mol. The van der Waals surface area contributed by atoms with E-state index in [1.165, 1.54) is 26.4 Å². The van der Waals surface area contributed by atoms with Gasteiger partial charge in [-0.2, -0.15) is 0 Å². The van der Waals surface area contributed by atoms with E-state index in [4.69, 9.17) is 5.73 Å². The van der Waals surface area contributed by atoms with Crippen molar-refractivity contribution in [3.05, 3.63) is 0 Å². The molecule has 1 unspecified atom stereocenters. The normalized spacial score (nSPS) is 25.1. The molecule has 1 amide bonds. The second kappa shape index (κ2) is 3.77. The Morgan fingerprint density at radius 3 is 2.50 bits per heavy atom. The summed E-state index contributed by atoms with van der Waals surface area (Å²) in [5.74, 6) is 1.21. The lowest BCUT2D eigenvalue weighted by Crippen LogP contribution is -2.59. The number of rotatable bonds is 2. The van der Waals surface area contributed by atoms with Crippen molar-refractivity contribution in [2.24, 2.45) is 17.6 Å². The Bertz CT molecular complexity index is 222. The monoisotopic (exact) mass is 198 g/mol. The Hall–Kier alpha value is -0.770. The summed E-state index contributed by atoms with van der Waals surface area (Å²) in [6.07, 6.45) is 3.65. The number of carbonyl (C=O) groups is 1. The van der Waals surface area contributed by atoms with Gasteiger partial charge in [0.2, 0.25) is 0 Å². The lowest BCUT2D eigenvalue weighted by Gasteiger charge is -2.45. The van der Waals surface area contributed by atoms with E-state index in [9.17, 15) is 4.79 Å². The second-order valence-corrected chi connectivity index (χ2v) is 4.40. The summed E-state index contributed by atoms with van der Waals surface area (Å²) in [7, 11) is 1.42. The molecule has 4 heteroatoms. The Labute approximate surface area is 84.4 Å². The topological polar surface area (TPSA) is 55.6 Å². The number of hydrogen-bond donors (Lipinski definition) is 1. The third kappa shape index (κ3) is 1.59. The largest absolute Gasteiger partial charge is 0.453 e. The van der Waals surface area contributed by atoms with Crippen LogP contribution < -0.4 is 5.73 Å². The van der Waals surface area contributed by atoms with E-state index in [0.717, 1.165) is 13.1 Å². The molecule has 0 spiro atoms. The molecule has 2 rings (SSSR count). The Morgan fingerprint density at radius 2 is 2.07 bits per heavy atom. The van der Waals surface area contributed by atoms with Crippen LogP contribution in [0.25, 0.3) is 0 Å². The molecular weight excluding hydrogens is 180 g/mol. The fourth-order valence-corrected chi connectivity index (χ4v) is 2.24. The molecular formula is C10H18N2O2. The number of hydrogen-bond acceptors (Lipinski definition) is 3. The predicted octanol–water partition coefficient (Wildman–Crippen LogP) is 0.812. The molecule has 80 valence electrons. The van der Waals surface area contributed by atoms with Crippen LogP contribution in [0.15, 0.2) is 0 Å². The number of nitrogens with zero attached hydrogens (tertiary/aromatic N) is 1. The number of nitrogens with two attached hydrogens (primary N) is 1.